The van der Waals surface area contributed by atoms with Gasteiger partial charge in [0.05, 0.1) is 6.34 Å². The highest BCUT2D eigenvalue weighted by Gasteiger charge is 1.45. The van der Waals surface area contributed by atoms with Crippen molar-refractivity contribution in [2.45, 2.75) is 0 Å². The lowest BCUT2D eigenvalue weighted by Gasteiger charge is -1.74. The largest absolute Gasteiger partial charge is 0.380 e. The number of halogens is 1. The van der Waals surface area contributed by atoms with E-state index >= 15 is 0 Å². The quantitative estimate of drug-likeness (QED) is 0.379. The predicted molar refractivity (Wildman–Crippen MR) is 30.7 cm³/mol. The highest BCUT2D eigenvalue weighted by atomic mass is 35.5. The lowest BCUT2D eigenvalue weighted by atomic mass is 11.1. The van der Waals surface area contributed by atoms with Gasteiger partial charge in [-0.25, -0.2) is 0 Å². The van der Waals surface area contributed by atoms with E-state index in [1.54, 1.807) is 13.4 Å². The van der Waals surface area contributed by atoms with Gasteiger partial charge in [0, 0.05) is 14.1 Å². The molecule has 0 bridgehead atoms. The Labute approximate surface area is 44.1 Å². The summed E-state index contributed by atoms with van der Waals surface area (Å²) in [6, 6.07) is 0. The maximum atomic E-state index is 3.62. The third-order valence-corrected chi connectivity index (χ3v) is 0.258. The second kappa shape index (κ2) is 8.83. The number of nitrogens with zero attached hydrogens (tertiary/aromatic N) is 1. The highest BCUT2D eigenvalue weighted by Crippen LogP contribution is 1.36. The van der Waals surface area contributed by atoms with Gasteiger partial charge in [0.1, 0.15) is 0 Å². The lowest BCUT2D eigenvalue weighted by Crippen LogP contribution is -1.99. The van der Waals surface area contributed by atoms with Crippen molar-refractivity contribution in [2.24, 2.45) is 4.99 Å². The first-order chi connectivity index (χ1) is 2.41. The number of rotatable bonds is 1. The molecule has 0 rings (SSSR count). The highest BCUT2D eigenvalue weighted by molar-refractivity contribution is 5.85. The zero-order valence-corrected chi connectivity index (χ0v) is 4.75. The summed E-state index contributed by atoms with van der Waals surface area (Å²) in [5.41, 5.74) is 0. The third kappa shape index (κ3) is 9.25. The van der Waals surface area contributed by atoms with Crippen LogP contribution in [-0.2, 0) is 0 Å². The van der Waals surface area contributed by atoms with Gasteiger partial charge in [0.25, 0.3) is 0 Å². The van der Waals surface area contributed by atoms with Crippen LogP contribution >= 0.6 is 12.4 Å². The van der Waals surface area contributed by atoms with Gasteiger partial charge in [-0.1, -0.05) is 0 Å². The molecule has 38 valence electrons. The average molecular weight is 109 g/mol. The summed E-state index contributed by atoms with van der Waals surface area (Å²) < 4.78 is 0. The van der Waals surface area contributed by atoms with Crippen LogP contribution in [0.4, 0.5) is 0 Å². The van der Waals surface area contributed by atoms with Crippen LogP contribution in [0.15, 0.2) is 4.99 Å². The average Bonchev–Trinajstić information content (AvgIpc) is 1.41. The lowest BCUT2D eigenvalue weighted by molar-refractivity contribution is 1.19. The van der Waals surface area contributed by atoms with E-state index in [0.29, 0.717) is 0 Å². The Hall–Kier alpha value is -0.240. The van der Waals surface area contributed by atoms with Crippen molar-refractivity contribution >= 4 is 18.7 Å². The predicted octanol–water partition coefficient (Wildman–Crippen LogP) is 0.286. The van der Waals surface area contributed by atoms with Gasteiger partial charge in [-0.05, 0) is 0 Å². The Morgan fingerprint density at radius 2 is 2.17 bits per heavy atom. The van der Waals surface area contributed by atoms with Crippen molar-refractivity contribution in [3.8, 4) is 0 Å². The summed E-state index contributed by atoms with van der Waals surface area (Å²) in [6.45, 7) is 0. The molecule has 3 heteroatoms. The minimum Gasteiger partial charge on any atom is -0.380 e. The standard InChI is InChI=1S/C3H8N2.ClH/c1-4-3-5-2;/h3H,1-2H3,(H,4,5);1H. The molecule has 6 heavy (non-hydrogen) atoms. The fraction of sp³-hybridized carbons (Fsp3) is 0.667. The molecule has 0 aliphatic carbocycles. The second-order valence-electron chi connectivity index (χ2n) is 0.676. The van der Waals surface area contributed by atoms with Crippen LogP contribution in [-0.4, -0.2) is 20.4 Å². The molecule has 0 heterocycles. The molecular weight excluding hydrogens is 99.5 g/mol. The first kappa shape index (κ1) is 9.23. The molecule has 0 fully saturated rings. The summed E-state index contributed by atoms with van der Waals surface area (Å²) in [5.74, 6) is 0. The number of nitrogens with one attached hydrogen (secondary N) is 1. The molecule has 0 aromatic carbocycles. The van der Waals surface area contributed by atoms with Gasteiger partial charge in [0.15, 0.2) is 0 Å². The van der Waals surface area contributed by atoms with Crippen LogP contribution < -0.4 is 5.32 Å². The first-order valence-electron chi connectivity index (χ1n) is 1.49. The van der Waals surface area contributed by atoms with Gasteiger partial charge < -0.3 is 5.32 Å². The van der Waals surface area contributed by atoms with E-state index in [0.717, 1.165) is 0 Å². The monoisotopic (exact) mass is 108 g/mol. The van der Waals surface area contributed by atoms with E-state index in [2.05, 4.69) is 10.3 Å². The molecule has 0 aliphatic heterocycles. The Morgan fingerprint density at radius 1 is 1.67 bits per heavy atom. The van der Waals surface area contributed by atoms with Crippen molar-refractivity contribution in [1.82, 2.24) is 5.32 Å². The maximum absolute atomic E-state index is 3.62. The van der Waals surface area contributed by atoms with Crippen molar-refractivity contribution in [3.05, 3.63) is 0 Å². The Balaban J connectivity index is 0. The van der Waals surface area contributed by atoms with Crippen molar-refractivity contribution in [3.63, 3.8) is 0 Å². The van der Waals surface area contributed by atoms with Crippen molar-refractivity contribution in [1.29, 1.82) is 0 Å². The number of aliphatic imine (C=N–C) groups is 1. The second-order valence-corrected chi connectivity index (χ2v) is 0.676. The molecule has 0 saturated carbocycles. The SMILES string of the molecule is CN=CNC.Cl. The molecule has 2 nitrogen and oxygen atoms in total. The molecule has 0 atom stereocenters. The molecule has 1 N–H and O–H groups in total. The van der Waals surface area contributed by atoms with Crippen molar-refractivity contribution in [2.75, 3.05) is 14.1 Å². The summed E-state index contributed by atoms with van der Waals surface area (Å²) >= 11 is 0. The van der Waals surface area contributed by atoms with Crippen LogP contribution in [0.3, 0.4) is 0 Å². The summed E-state index contributed by atoms with van der Waals surface area (Å²) in [7, 11) is 3.53. The van der Waals surface area contributed by atoms with Gasteiger partial charge in [-0.15, -0.1) is 12.4 Å². The van der Waals surface area contributed by atoms with Gasteiger partial charge in [-0.3, -0.25) is 4.99 Å². The van der Waals surface area contributed by atoms with Gasteiger partial charge in [0.2, 0.25) is 0 Å². The van der Waals surface area contributed by atoms with Crippen LogP contribution in [0.2, 0.25) is 0 Å². The Bertz CT molecular complexity index is 35.8. The van der Waals surface area contributed by atoms with E-state index in [9.17, 15) is 0 Å². The van der Waals surface area contributed by atoms with E-state index in [-0.39, 0.29) is 12.4 Å². The van der Waals surface area contributed by atoms with E-state index in [1.165, 1.54) is 0 Å². The molecule has 0 amide bonds. The minimum atomic E-state index is 0. The van der Waals surface area contributed by atoms with Crippen molar-refractivity contribution < 1.29 is 0 Å². The van der Waals surface area contributed by atoms with Crippen LogP contribution in [0.1, 0.15) is 0 Å². The first-order valence-corrected chi connectivity index (χ1v) is 1.49. The summed E-state index contributed by atoms with van der Waals surface area (Å²) in [5, 5.41) is 2.73. The van der Waals surface area contributed by atoms with Gasteiger partial charge in [-0.2, -0.15) is 0 Å². The summed E-state index contributed by atoms with van der Waals surface area (Å²) in [6.07, 6.45) is 1.62. The van der Waals surface area contributed by atoms with Crippen LogP contribution in [0.5, 0.6) is 0 Å². The molecule has 0 aromatic heterocycles. The van der Waals surface area contributed by atoms with Crippen LogP contribution in [0.25, 0.3) is 0 Å². The zero-order valence-electron chi connectivity index (χ0n) is 3.93. The third-order valence-electron chi connectivity index (χ3n) is 0.258. The molecule has 0 unspecified atom stereocenters. The van der Waals surface area contributed by atoms with E-state index in [1.807, 2.05) is 7.05 Å². The normalized spacial score (nSPS) is 7.67. The minimum absolute atomic E-state index is 0. The summed E-state index contributed by atoms with van der Waals surface area (Å²) in [4.78, 5) is 3.62. The molecule has 0 saturated heterocycles. The fourth-order valence-electron chi connectivity index (χ4n) is 0.129. The fourth-order valence-corrected chi connectivity index (χ4v) is 0.129. The smallest absolute Gasteiger partial charge is 0.0817 e. The zero-order chi connectivity index (χ0) is 4.12. The van der Waals surface area contributed by atoms with Crippen LogP contribution in [0, 0.1) is 0 Å². The molecule has 0 aliphatic rings. The molecule has 0 aromatic rings. The molecule has 0 spiro atoms. The molecular formula is C3H9ClN2. The Kier molecular flexibility index (Phi) is 13.6. The number of hydrogen-bond donors (Lipinski definition) is 1. The van der Waals surface area contributed by atoms with E-state index < -0.39 is 0 Å². The molecule has 0 radical (unpaired) electrons. The van der Waals surface area contributed by atoms with Gasteiger partial charge >= 0.3 is 0 Å². The number of hydrogen-bond acceptors (Lipinski definition) is 1. The Morgan fingerprint density at radius 3 is 2.17 bits per heavy atom. The maximum Gasteiger partial charge on any atom is 0.0817 e. The van der Waals surface area contributed by atoms with E-state index in [4.69, 9.17) is 0 Å². The topological polar surface area (TPSA) is 24.4 Å².